The van der Waals surface area contributed by atoms with E-state index in [9.17, 15) is 9.59 Å². The topological polar surface area (TPSA) is 52.7 Å². The van der Waals surface area contributed by atoms with Crippen molar-refractivity contribution in [3.05, 3.63) is 46.3 Å². The third-order valence-electron chi connectivity index (χ3n) is 5.01. The number of amides is 2. The van der Waals surface area contributed by atoms with Gasteiger partial charge in [-0.15, -0.1) is 11.3 Å². The van der Waals surface area contributed by atoms with Crippen molar-refractivity contribution in [3.8, 4) is 10.4 Å². The van der Waals surface area contributed by atoms with Crippen LogP contribution in [0.4, 0.5) is 0 Å². The molecule has 0 radical (unpaired) electrons. The predicted molar refractivity (Wildman–Crippen MR) is 119 cm³/mol. The fourth-order valence-electron chi connectivity index (χ4n) is 3.37. The van der Waals surface area contributed by atoms with Crippen LogP contribution < -0.4 is 5.32 Å². The van der Waals surface area contributed by atoms with Gasteiger partial charge in [-0.05, 0) is 36.2 Å². The quantitative estimate of drug-likeness (QED) is 0.684. The van der Waals surface area contributed by atoms with E-state index in [1.807, 2.05) is 30.0 Å². The molecule has 5 nitrogen and oxygen atoms in total. The number of nitrogens with one attached hydrogen (secondary N) is 1. The Labute approximate surface area is 181 Å². The predicted octanol–water partition coefficient (Wildman–Crippen LogP) is 4.02. The summed E-state index contributed by atoms with van der Waals surface area (Å²) >= 11 is 7.89. The minimum atomic E-state index is -0.0351. The average Bonchev–Trinajstić information content (AvgIpc) is 3.19. The molecule has 2 amide bonds. The molecule has 1 aliphatic rings. The molecule has 0 unspecified atom stereocenters. The van der Waals surface area contributed by atoms with Crippen LogP contribution in [0.2, 0.25) is 5.02 Å². The van der Waals surface area contributed by atoms with Gasteiger partial charge in [0.15, 0.2) is 0 Å². The molecule has 1 aromatic carbocycles. The highest BCUT2D eigenvalue weighted by Crippen LogP contribution is 2.30. The van der Waals surface area contributed by atoms with Crippen LogP contribution in [0.15, 0.2) is 36.4 Å². The zero-order valence-corrected chi connectivity index (χ0v) is 18.4. The summed E-state index contributed by atoms with van der Waals surface area (Å²) in [5.74, 6) is 0.0442. The van der Waals surface area contributed by atoms with Crippen LogP contribution in [0, 0.1) is 0 Å². The molecule has 2 aromatic rings. The molecule has 0 atom stereocenters. The molecule has 1 aliphatic heterocycles. The smallest absolute Gasteiger partial charge is 0.223 e. The molecule has 3 rings (SSSR count). The molecule has 0 aliphatic carbocycles. The summed E-state index contributed by atoms with van der Waals surface area (Å²) in [4.78, 5) is 30.8. The zero-order valence-electron chi connectivity index (χ0n) is 16.8. The molecular formula is C22H28ClN3O2S. The SMILES string of the molecule is CCCNC(=O)CCC(=O)N1CCN(Cc2ccc(-c3cccc(Cl)c3)s2)CC1. The van der Waals surface area contributed by atoms with Crippen LogP contribution in [0.25, 0.3) is 10.4 Å². The van der Waals surface area contributed by atoms with Gasteiger partial charge >= 0.3 is 0 Å². The first-order valence-corrected chi connectivity index (χ1v) is 11.4. The van der Waals surface area contributed by atoms with Crippen LogP contribution in [-0.2, 0) is 16.1 Å². The van der Waals surface area contributed by atoms with E-state index < -0.39 is 0 Å². The number of carbonyl (C=O) groups is 2. The van der Waals surface area contributed by atoms with Gasteiger partial charge < -0.3 is 10.2 Å². The van der Waals surface area contributed by atoms with E-state index in [2.05, 4.69) is 28.4 Å². The van der Waals surface area contributed by atoms with Crippen LogP contribution in [0.1, 0.15) is 31.1 Å². The molecule has 1 fully saturated rings. The maximum atomic E-state index is 12.3. The second kappa shape index (κ2) is 10.8. The Morgan fingerprint density at radius 3 is 2.62 bits per heavy atom. The van der Waals surface area contributed by atoms with Gasteiger partial charge in [0.2, 0.25) is 11.8 Å². The molecule has 0 bridgehead atoms. The number of piperazine rings is 1. The Bertz CT molecular complexity index is 831. The van der Waals surface area contributed by atoms with Crippen LogP contribution in [0.3, 0.4) is 0 Å². The number of halogens is 1. The van der Waals surface area contributed by atoms with Crippen molar-refractivity contribution in [1.82, 2.24) is 15.1 Å². The van der Waals surface area contributed by atoms with Crippen LogP contribution >= 0.6 is 22.9 Å². The van der Waals surface area contributed by atoms with Gasteiger partial charge in [0.05, 0.1) is 0 Å². The lowest BCUT2D eigenvalue weighted by Gasteiger charge is -2.34. The van der Waals surface area contributed by atoms with Gasteiger partial charge in [-0.25, -0.2) is 0 Å². The number of carbonyl (C=O) groups excluding carboxylic acids is 2. The number of benzene rings is 1. The Hall–Kier alpha value is -1.89. The Kier molecular flexibility index (Phi) is 8.09. The summed E-state index contributed by atoms with van der Waals surface area (Å²) in [6.07, 6.45) is 1.48. The van der Waals surface area contributed by atoms with Crippen molar-refractivity contribution in [3.63, 3.8) is 0 Å². The minimum absolute atomic E-state index is 0.0351. The molecule has 0 saturated carbocycles. The van der Waals surface area contributed by atoms with Crippen molar-refractivity contribution in [2.24, 2.45) is 0 Å². The first-order valence-electron chi connectivity index (χ1n) is 10.2. The second-order valence-electron chi connectivity index (χ2n) is 7.28. The van der Waals surface area contributed by atoms with Gasteiger partial charge in [0.1, 0.15) is 0 Å². The largest absolute Gasteiger partial charge is 0.356 e. The monoisotopic (exact) mass is 433 g/mol. The van der Waals surface area contributed by atoms with Gasteiger partial charge in [-0.2, -0.15) is 0 Å². The van der Waals surface area contributed by atoms with Gasteiger partial charge in [0.25, 0.3) is 0 Å². The van der Waals surface area contributed by atoms with E-state index >= 15 is 0 Å². The minimum Gasteiger partial charge on any atom is -0.356 e. The molecule has 0 spiro atoms. The van der Waals surface area contributed by atoms with Gasteiger partial charge in [0, 0.05) is 66.9 Å². The maximum Gasteiger partial charge on any atom is 0.223 e. The van der Waals surface area contributed by atoms with Gasteiger partial charge in [-0.3, -0.25) is 14.5 Å². The molecule has 29 heavy (non-hydrogen) atoms. The Balaban J connectivity index is 1.43. The molecule has 2 heterocycles. The average molecular weight is 434 g/mol. The van der Waals surface area contributed by atoms with Crippen molar-refractivity contribution < 1.29 is 9.59 Å². The molecular weight excluding hydrogens is 406 g/mol. The number of hydrogen-bond acceptors (Lipinski definition) is 4. The van der Waals surface area contributed by atoms with Crippen molar-refractivity contribution in [2.45, 2.75) is 32.7 Å². The summed E-state index contributed by atoms with van der Waals surface area (Å²) in [5, 5.41) is 3.57. The molecule has 1 N–H and O–H groups in total. The Morgan fingerprint density at radius 1 is 1.10 bits per heavy atom. The molecule has 7 heteroatoms. The fourth-order valence-corrected chi connectivity index (χ4v) is 4.60. The summed E-state index contributed by atoms with van der Waals surface area (Å²) in [7, 11) is 0. The lowest BCUT2D eigenvalue weighted by Crippen LogP contribution is -2.48. The van der Waals surface area contributed by atoms with E-state index in [1.165, 1.54) is 9.75 Å². The van der Waals surface area contributed by atoms with Crippen molar-refractivity contribution >= 4 is 34.8 Å². The van der Waals surface area contributed by atoms with Crippen molar-refractivity contribution in [2.75, 3.05) is 32.7 Å². The summed E-state index contributed by atoms with van der Waals surface area (Å²) in [6.45, 7) is 6.75. The first kappa shape index (κ1) is 21.8. The second-order valence-corrected chi connectivity index (χ2v) is 8.89. The normalized spacial score (nSPS) is 14.8. The first-order chi connectivity index (χ1) is 14.0. The highest BCUT2D eigenvalue weighted by Gasteiger charge is 2.22. The van der Waals surface area contributed by atoms with Crippen molar-refractivity contribution in [1.29, 1.82) is 0 Å². The number of thiophene rings is 1. The lowest BCUT2D eigenvalue weighted by molar-refractivity contribution is -0.135. The van der Waals surface area contributed by atoms with Crippen LogP contribution in [0.5, 0.6) is 0 Å². The van der Waals surface area contributed by atoms with E-state index in [1.54, 1.807) is 11.3 Å². The summed E-state index contributed by atoms with van der Waals surface area (Å²) < 4.78 is 0. The van der Waals surface area contributed by atoms with Gasteiger partial charge in [-0.1, -0.05) is 30.7 Å². The van der Waals surface area contributed by atoms with E-state index in [4.69, 9.17) is 11.6 Å². The third kappa shape index (κ3) is 6.56. The van der Waals surface area contributed by atoms with E-state index in [0.717, 1.165) is 49.7 Å². The van der Waals surface area contributed by atoms with E-state index in [-0.39, 0.29) is 18.2 Å². The highest BCUT2D eigenvalue weighted by atomic mass is 35.5. The fraction of sp³-hybridized carbons (Fsp3) is 0.455. The number of hydrogen-bond donors (Lipinski definition) is 1. The zero-order chi connectivity index (χ0) is 20.6. The molecule has 1 saturated heterocycles. The maximum absolute atomic E-state index is 12.3. The standard InChI is InChI=1S/C22H28ClN3O2S/c1-2-10-24-21(27)8-9-22(28)26-13-11-25(12-14-26)16-19-6-7-20(29-19)17-4-3-5-18(23)15-17/h3-7,15H,2,8-14,16H2,1H3,(H,24,27). The molecule has 1 aromatic heterocycles. The van der Waals surface area contributed by atoms with E-state index in [0.29, 0.717) is 13.0 Å². The third-order valence-corrected chi connectivity index (χ3v) is 6.37. The highest BCUT2D eigenvalue weighted by molar-refractivity contribution is 7.15. The lowest BCUT2D eigenvalue weighted by atomic mass is 10.2. The summed E-state index contributed by atoms with van der Waals surface area (Å²) in [6, 6.07) is 12.2. The number of nitrogens with zero attached hydrogens (tertiary/aromatic N) is 2. The summed E-state index contributed by atoms with van der Waals surface area (Å²) in [5.41, 5.74) is 1.15. The van der Waals surface area contributed by atoms with Crippen LogP contribution in [-0.4, -0.2) is 54.3 Å². The number of rotatable bonds is 8. The Morgan fingerprint density at radius 2 is 1.90 bits per heavy atom. The molecule has 156 valence electrons.